The molecule has 3 aromatic rings. The Kier molecular flexibility index (Phi) is 4.69. The number of para-hydroxylation sites is 2. The topological polar surface area (TPSA) is 72.2 Å². The van der Waals surface area contributed by atoms with Gasteiger partial charge in [0.05, 0.1) is 42.0 Å². The molecule has 0 aliphatic carbocycles. The summed E-state index contributed by atoms with van der Waals surface area (Å²) in [4.78, 5) is 12.7. The van der Waals surface area contributed by atoms with Gasteiger partial charge in [0.1, 0.15) is 11.8 Å². The zero-order valence-electron chi connectivity index (χ0n) is 17.2. The van der Waals surface area contributed by atoms with Gasteiger partial charge < -0.3 is 14.7 Å². The zero-order chi connectivity index (χ0) is 21.8. The van der Waals surface area contributed by atoms with Crippen LogP contribution in [-0.2, 0) is 4.84 Å². The zero-order valence-corrected chi connectivity index (χ0v) is 18.8. The lowest BCUT2D eigenvalue weighted by Gasteiger charge is -2.31. The minimum Gasteiger partial charge on any atom is -0.828 e. The summed E-state index contributed by atoms with van der Waals surface area (Å²) in [5, 5.41) is 14.7. The van der Waals surface area contributed by atoms with Crippen LogP contribution in [0.3, 0.4) is 0 Å². The minimum absolute atomic E-state index is 0.00299. The van der Waals surface area contributed by atoms with Gasteiger partial charge in [0.25, 0.3) is 0 Å². The van der Waals surface area contributed by atoms with E-state index < -0.39 is 12.3 Å². The molecule has 0 aromatic heterocycles. The molecule has 3 heterocycles. The predicted molar refractivity (Wildman–Crippen MR) is 124 cm³/mol. The van der Waals surface area contributed by atoms with Gasteiger partial charge >= 0.3 is 0 Å². The van der Waals surface area contributed by atoms with E-state index in [0.29, 0.717) is 0 Å². The SMILES string of the molecule is COc1ccc(N2NOC([O-])C2C2=Nc3ccccc3N3C2C3c2ccc(Br)cc2)cc1. The molecule has 4 atom stereocenters. The number of rotatable bonds is 4. The van der Waals surface area contributed by atoms with E-state index in [9.17, 15) is 5.11 Å². The second-order valence-electron chi connectivity index (χ2n) is 7.96. The van der Waals surface area contributed by atoms with Crippen LogP contribution in [0.2, 0.25) is 0 Å². The Morgan fingerprint density at radius 3 is 2.47 bits per heavy atom. The molecule has 162 valence electrons. The molecule has 1 N–H and O–H groups in total. The maximum Gasteiger partial charge on any atom is 0.119 e. The van der Waals surface area contributed by atoms with Crippen molar-refractivity contribution in [1.82, 2.24) is 5.59 Å². The largest absolute Gasteiger partial charge is 0.828 e. The molecule has 0 amide bonds. The van der Waals surface area contributed by atoms with Crippen molar-refractivity contribution in [1.29, 1.82) is 0 Å². The summed E-state index contributed by atoms with van der Waals surface area (Å²) in [7, 11) is 1.63. The summed E-state index contributed by atoms with van der Waals surface area (Å²) in [6.45, 7) is 0. The number of fused-ring (bicyclic) bond motifs is 3. The van der Waals surface area contributed by atoms with E-state index in [-0.39, 0.29) is 12.1 Å². The van der Waals surface area contributed by atoms with E-state index in [0.717, 1.165) is 33.0 Å². The van der Waals surface area contributed by atoms with E-state index in [4.69, 9.17) is 14.6 Å². The van der Waals surface area contributed by atoms with Crippen molar-refractivity contribution in [2.75, 3.05) is 17.0 Å². The molecule has 2 fully saturated rings. The molecule has 3 aliphatic rings. The normalized spacial score (nSPS) is 25.8. The molecular formula is C24H20BrN4O3-. The van der Waals surface area contributed by atoms with Crippen LogP contribution in [0.1, 0.15) is 11.6 Å². The number of aliphatic imine (C=N–C) groups is 1. The molecule has 3 aromatic carbocycles. The van der Waals surface area contributed by atoms with Gasteiger partial charge in [0.2, 0.25) is 0 Å². The monoisotopic (exact) mass is 491 g/mol. The number of halogens is 1. The molecule has 7 nitrogen and oxygen atoms in total. The summed E-state index contributed by atoms with van der Waals surface area (Å²) < 4.78 is 6.30. The molecule has 4 unspecified atom stereocenters. The molecule has 3 aliphatic heterocycles. The Morgan fingerprint density at radius 2 is 1.72 bits per heavy atom. The molecule has 0 saturated carbocycles. The predicted octanol–water partition coefficient (Wildman–Crippen LogP) is 3.49. The van der Waals surface area contributed by atoms with E-state index in [1.807, 2.05) is 54.6 Å². The van der Waals surface area contributed by atoms with E-state index in [2.05, 4.69) is 44.6 Å². The average molecular weight is 492 g/mol. The number of benzene rings is 3. The van der Waals surface area contributed by atoms with Crippen LogP contribution < -0.4 is 25.3 Å². The van der Waals surface area contributed by atoms with Crippen LogP contribution in [-0.4, -0.2) is 31.2 Å². The number of hydrazine groups is 1. The maximum absolute atomic E-state index is 13.0. The highest BCUT2D eigenvalue weighted by Gasteiger charge is 2.57. The molecular weight excluding hydrogens is 472 g/mol. The number of hydrogen-bond donors (Lipinski definition) is 1. The molecule has 0 bridgehead atoms. The second kappa shape index (κ2) is 7.60. The standard InChI is InChI=1S/C24H20BrN4O3/c1-31-17-12-10-16(11-13-17)29-23(24(30)32-27-29)20-22-21(14-6-8-15(25)9-7-14)28(22)19-5-3-2-4-18(19)26-20/h2-13,21-24,27H,1H3/q-1. The van der Waals surface area contributed by atoms with Crippen molar-refractivity contribution in [2.45, 2.75) is 24.4 Å². The summed E-state index contributed by atoms with van der Waals surface area (Å²) in [6.07, 6.45) is -1.31. The third-order valence-corrected chi connectivity index (χ3v) is 6.72. The van der Waals surface area contributed by atoms with Crippen molar-refractivity contribution < 1.29 is 14.7 Å². The van der Waals surface area contributed by atoms with Crippen molar-refractivity contribution in [2.24, 2.45) is 4.99 Å². The first-order valence-electron chi connectivity index (χ1n) is 10.4. The van der Waals surface area contributed by atoms with Crippen LogP contribution in [0.4, 0.5) is 17.1 Å². The van der Waals surface area contributed by atoms with E-state index in [1.165, 1.54) is 5.56 Å². The van der Waals surface area contributed by atoms with Crippen LogP contribution in [0.15, 0.2) is 82.3 Å². The fourth-order valence-corrected chi connectivity index (χ4v) is 4.91. The summed E-state index contributed by atoms with van der Waals surface area (Å²) in [6, 6.07) is 23.4. The lowest BCUT2D eigenvalue weighted by Crippen LogP contribution is -2.51. The van der Waals surface area contributed by atoms with Crippen LogP contribution >= 0.6 is 15.9 Å². The smallest absolute Gasteiger partial charge is 0.119 e. The highest BCUT2D eigenvalue weighted by Crippen LogP contribution is 2.54. The third kappa shape index (κ3) is 3.10. The Balaban J connectivity index is 1.41. The molecule has 8 heteroatoms. The quantitative estimate of drug-likeness (QED) is 0.563. The number of methoxy groups -OCH3 is 1. The first-order valence-corrected chi connectivity index (χ1v) is 11.2. The van der Waals surface area contributed by atoms with Gasteiger partial charge in [-0.15, -0.1) is 5.59 Å². The molecule has 32 heavy (non-hydrogen) atoms. The molecule has 6 rings (SSSR count). The number of hydrogen-bond acceptors (Lipinski definition) is 7. The Morgan fingerprint density at radius 1 is 0.969 bits per heavy atom. The van der Waals surface area contributed by atoms with Crippen molar-refractivity contribution in [3.05, 3.63) is 82.8 Å². The highest BCUT2D eigenvalue weighted by atomic mass is 79.9. The molecule has 2 saturated heterocycles. The summed E-state index contributed by atoms with van der Waals surface area (Å²) in [5.74, 6) is 0.747. The average Bonchev–Trinajstić information content (AvgIpc) is 3.47. The van der Waals surface area contributed by atoms with Crippen LogP contribution in [0, 0.1) is 0 Å². The lowest BCUT2D eigenvalue weighted by molar-refractivity contribution is -0.487. The molecule has 0 spiro atoms. The first kappa shape index (κ1) is 19.8. The van der Waals surface area contributed by atoms with Gasteiger partial charge in [0.15, 0.2) is 0 Å². The van der Waals surface area contributed by atoms with Gasteiger partial charge in [0, 0.05) is 10.8 Å². The fourth-order valence-electron chi connectivity index (χ4n) is 4.64. The van der Waals surface area contributed by atoms with Gasteiger partial charge in [-0.25, -0.2) is 0 Å². The van der Waals surface area contributed by atoms with Crippen molar-refractivity contribution in [3.8, 4) is 5.75 Å². The van der Waals surface area contributed by atoms with E-state index in [1.54, 1.807) is 12.1 Å². The van der Waals surface area contributed by atoms with E-state index >= 15 is 0 Å². The van der Waals surface area contributed by atoms with Gasteiger partial charge in [-0.2, -0.15) is 0 Å². The molecule has 0 radical (unpaired) electrons. The maximum atomic E-state index is 13.0. The lowest BCUT2D eigenvalue weighted by atomic mass is 10.0. The van der Waals surface area contributed by atoms with Gasteiger partial charge in [-0.3, -0.25) is 14.8 Å². The first-order chi connectivity index (χ1) is 15.7. The Hall–Kier alpha value is -2.91. The summed E-state index contributed by atoms with van der Waals surface area (Å²) >= 11 is 3.52. The number of ether oxygens (including phenoxy) is 1. The fraction of sp³-hybridized carbons (Fsp3) is 0.208. The number of nitrogens with zero attached hydrogens (tertiary/aromatic N) is 3. The van der Waals surface area contributed by atoms with Crippen molar-refractivity contribution in [3.63, 3.8) is 0 Å². The highest BCUT2D eigenvalue weighted by molar-refractivity contribution is 9.10. The van der Waals surface area contributed by atoms with Crippen LogP contribution in [0.25, 0.3) is 0 Å². The Labute approximate surface area is 193 Å². The number of anilines is 2. The number of nitrogens with one attached hydrogen (secondary N) is 1. The van der Waals surface area contributed by atoms with Crippen LogP contribution in [0.5, 0.6) is 5.75 Å². The van der Waals surface area contributed by atoms with Crippen molar-refractivity contribution >= 4 is 38.7 Å². The third-order valence-electron chi connectivity index (χ3n) is 6.19. The van der Waals surface area contributed by atoms with Gasteiger partial charge in [-0.1, -0.05) is 40.2 Å². The Bertz CT molecular complexity index is 1180. The minimum atomic E-state index is -1.31. The van der Waals surface area contributed by atoms with Gasteiger partial charge in [-0.05, 0) is 54.1 Å². The second-order valence-corrected chi connectivity index (χ2v) is 8.88. The summed E-state index contributed by atoms with van der Waals surface area (Å²) in [5.41, 5.74) is 7.56.